The molecule has 1 unspecified atom stereocenters. The Bertz CT molecular complexity index is 896. The second-order valence-corrected chi connectivity index (χ2v) is 6.84. The lowest BCUT2D eigenvalue weighted by Crippen LogP contribution is -2.28. The maximum Gasteiger partial charge on any atom is 0.229 e. The van der Waals surface area contributed by atoms with Crippen LogP contribution in [0.1, 0.15) is 11.5 Å². The minimum atomic E-state index is -0.0712. The number of anilines is 3. The Labute approximate surface area is 159 Å². The van der Waals surface area contributed by atoms with Crippen LogP contribution in [0.4, 0.5) is 17.1 Å². The number of hydrogen-bond donors (Lipinski definition) is 3. The van der Waals surface area contributed by atoms with Gasteiger partial charge in [0, 0.05) is 36.1 Å². The van der Waals surface area contributed by atoms with Crippen molar-refractivity contribution < 1.29 is 4.79 Å². The van der Waals surface area contributed by atoms with Gasteiger partial charge in [-0.1, -0.05) is 54.6 Å². The van der Waals surface area contributed by atoms with Crippen molar-refractivity contribution in [3.63, 3.8) is 0 Å². The number of hydrogen-bond acceptors (Lipinski definition) is 3. The number of carbonyl (C=O) groups excluding carboxylic acids is 1. The van der Waals surface area contributed by atoms with E-state index < -0.39 is 0 Å². The Balaban J connectivity index is 1.45. The summed E-state index contributed by atoms with van der Waals surface area (Å²) in [6.07, 6.45) is 0. The molecule has 3 N–H and O–H groups in total. The lowest BCUT2D eigenvalue weighted by molar-refractivity contribution is -0.119. The van der Waals surface area contributed by atoms with Gasteiger partial charge >= 0.3 is 0 Å². The quantitative estimate of drug-likeness (QED) is 0.635. The number of rotatable bonds is 5. The predicted octanol–water partition coefficient (Wildman–Crippen LogP) is 4.37. The van der Waals surface area contributed by atoms with Crippen LogP contribution in [-0.2, 0) is 4.79 Å². The van der Waals surface area contributed by atoms with Crippen LogP contribution < -0.4 is 16.0 Å². The van der Waals surface area contributed by atoms with Crippen molar-refractivity contribution >= 4 is 23.0 Å². The topological polar surface area (TPSA) is 53.2 Å². The molecule has 0 bridgehead atoms. The molecule has 4 heteroatoms. The van der Waals surface area contributed by atoms with Gasteiger partial charge in [0.15, 0.2) is 0 Å². The van der Waals surface area contributed by atoms with Crippen LogP contribution in [0.15, 0.2) is 84.9 Å². The molecular weight excluding hydrogens is 334 g/mol. The predicted molar refractivity (Wildman–Crippen MR) is 110 cm³/mol. The standard InChI is InChI=1S/C23H23N3O/c27-23(22-16-24-15-21(22)17-8-3-1-4-9-17)26-20-13-7-12-19(14-20)25-18-10-5-2-6-11-18/h1-14,21-22,24-25H,15-16H2,(H,26,27)/t21?,22-/m0/s1. The molecule has 0 saturated carbocycles. The summed E-state index contributed by atoms with van der Waals surface area (Å²) >= 11 is 0. The van der Waals surface area contributed by atoms with Crippen molar-refractivity contribution in [1.82, 2.24) is 5.32 Å². The first-order valence-electron chi connectivity index (χ1n) is 9.28. The van der Waals surface area contributed by atoms with E-state index in [9.17, 15) is 4.79 Å². The van der Waals surface area contributed by atoms with Crippen LogP contribution in [0.25, 0.3) is 0 Å². The van der Waals surface area contributed by atoms with Gasteiger partial charge in [-0.2, -0.15) is 0 Å². The molecule has 136 valence electrons. The zero-order valence-corrected chi connectivity index (χ0v) is 15.1. The molecule has 0 spiro atoms. The van der Waals surface area contributed by atoms with E-state index in [1.165, 1.54) is 5.56 Å². The third-order valence-corrected chi connectivity index (χ3v) is 4.97. The van der Waals surface area contributed by atoms with E-state index in [1.54, 1.807) is 0 Å². The van der Waals surface area contributed by atoms with E-state index in [0.29, 0.717) is 6.54 Å². The average molecular weight is 357 g/mol. The Hall–Kier alpha value is -3.11. The third kappa shape index (κ3) is 4.18. The van der Waals surface area contributed by atoms with Gasteiger partial charge in [0.1, 0.15) is 0 Å². The molecule has 4 rings (SSSR count). The highest BCUT2D eigenvalue weighted by Gasteiger charge is 2.33. The summed E-state index contributed by atoms with van der Waals surface area (Å²) in [6, 6.07) is 28.1. The highest BCUT2D eigenvalue weighted by molar-refractivity contribution is 5.94. The van der Waals surface area contributed by atoms with Crippen LogP contribution in [-0.4, -0.2) is 19.0 Å². The van der Waals surface area contributed by atoms with Crippen LogP contribution in [0.2, 0.25) is 0 Å². The van der Waals surface area contributed by atoms with Crippen LogP contribution >= 0.6 is 0 Å². The van der Waals surface area contributed by atoms with Gasteiger partial charge in [0.25, 0.3) is 0 Å². The molecule has 1 amide bonds. The molecule has 2 atom stereocenters. The minimum absolute atomic E-state index is 0.0608. The third-order valence-electron chi connectivity index (χ3n) is 4.97. The lowest BCUT2D eigenvalue weighted by Gasteiger charge is -2.19. The molecule has 3 aromatic carbocycles. The Kier molecular flexibility index (Phi) is 5.17. The van der Waals surface area contributed by atoms with E-state index >= 15 is 0 Å². The van der Waals surface area contributed by atoms with Crippen LogP contribution in [0, 0.1) is 5.92 Å². The molecule has 1 heterocycles. The fraction of sp³-hybridized carbons (Fsp3) is 0.174. The van der Waals surface area contributed by atoms with Crippen LogP contribution in [0.3, 0.4) is 0 Å². The first-order chi connectivity index (χ1) is 13.3. The number of carbonyl (C=O) groups is 1. The fourth-order valence-electron chi connectivity index (χ4n) is 3.60. The maximum atomic E-state index is 12.9. The molecule has 0 radical (unpaired) electrons. The van der Waals surface area contributed by atoms with Gasteiger partial charge in [0.2, 0.25) is 5.91 Å². The average Bonchev–Trinajstić information content (AvgIpc) is 3.20. The first kappa shape index (κ1) is 17.3. The number of benzene rings is 3. The molecule has 1 fully saturated rings. The van der Waals surface area contributed by atoms with Gasteiger partial charge < -0.3 is 16.0 Å². The van der Waals surface area contributed by atoms with E-state index in [2.05, 4.69) is 28.1 Å². The molecule has 27 heavy (non-hydrogen) atoms. The summed E-state index contributed by atoms with van der Waals surface area (Å²) < 4.78 is 0. The summed E-state index contributed by atoms with van der Waals surface area (Å²) in [4.78, 5) is 12.9. The molecular formula is C23H23N3O. The van der Waals surface area contributed by atoms with E-state index in [1.807, 2.05) is 72.8 Å². The van der Waals surface area contributed by atoms with Gasteiger partial charge in [-0.3, -0.25) is 4.79 Å². The number of amides is 1. The normalized spacial score (nSPS) is 18.8. The molecule has 0 aromatic heterocycles. The molecule has 0 aliphatic carbocycles. The van der Waals surface area contributed by atoms with Crippen molar-refractivity contribution in [3.8, 4) is 0 Å². The zero-order chi connectivity index (χ0) is 18.5. The van der Waals surface area contributed by atoms with Crippen molar-refractivity contribution in [2.45, 2.75) is 5.92 Å². The summed E-state index contributed by atoms with van der Waals surface area (Å²) in [7, 11) is 0. The summed E-state index contributed by atoms with van der Waals surface area (Å²) in [5.41, 5.74) is 3.98. The smallest absolute Gasteiger partial charge is 0.229 e. The number of nitrogens with one attached hydrogen (secondary N) is 3. The van der Waals surface area contributed by atoms with E-state index in [4.69, 9.17) is 0 Å². The maximum absolute atomic E-state index is 12.9. The van der Waals surface area contributed by atoms with Crippen molar-refractivity contribution in [3.05, 3.63) is 90.5 Å². The molecule has 3 aromatic rings. The van der Waals surface area contributed by atoms with Crippen molar-refractivity contribution in [2.75, 3.05) is 23.7 Å². The van der Waals surface area contributed by atoms with Crippen LogP contribution in [0.5, 0.6) is 0 Å². The summed E-state index contributed by atoms with van der Waals surface area (Å²) in [6.45, 7) is 1.53. The monoisotopic (exact) mass is 357 g/mol. The molecule has 4 nitrogen and oxygen atoms in total. The Morgan fingerprint density at radius 1 is 0.778 bits per heavy atom. The Morgan fingerprint density at radius 2 is 1.44 bits per heavy atom. The first-order valence-corrected chi connectivity index (χ1v) is 9.28. The highest BCUT2D eigenvalue weighted by atomic mass is 16.1. The minimum Gasteiger partial charge on any atom is -0.355 e. The largest absolute Gasteiger partial charge is 0.355 e. The zero-order valence-electron chi connectivity index (χ0n) is 15.1. The Morgan fingerprint density at radius 3 is 2.22 bits per heavy atom. The fourth-order valence-corrected chi connectivity index (χ4v) is 3.60. The highest BCUT2D eigenvalue weighted by Crippen LogP contribution is 2.29. The molecule has 1 aliphatic rings. The number of para-hydroxylation sites is 1. The van der Waals surface area contributed by atoms with Gasteiger partial charge in [0.05, 0.1) is 5.92 Å². The molecule has 1 saturated heterocycles. The van der Waals surface area contributed by atoms with E-state index in [-0.39, 0.29) is 17.7 Å². The summed E-state index contributed by atoms with van der Waals surface area (Å²) in [5, 5.41) is 9.81. The van der Waals surface area contributed by atoms with Crippen molar-refractivity contribution in [1.29, 1.82) is 0 Å². The summed E-state index contributed by atoms with van der Waals surface area (Å²) in [5.74, 6) is 0.195. The SMILES string of the molecule is O=C(Nc1cccc(Nc2ccccc2)c1)[C@H]1CNCC1c1ccccc1. The van der Waals surface area contributed by atoms with E-state index in [0.717, 1.165) is 23.6 Å². The van der Waals surface area contributed by atoms with Gasteiger partial charge in [-0.15, -0.1) is 0 Å². The second-order valence-electron chi connectivity index (χ2n) is 6.84. The molecule has 1 aliphatic heterocycles. The van der Waals surface area contributed by atoms with Gasteiger partial charge in [-0.25, -0.2) is 0 Å². The van der Waals surface area contributed by atoms with Gasteiger partial charge in [-0.05, 0) is 35.9 Å². The lowest BCUT2D eigenvalue weighted by atomic mass is 9.88. The second kappa shape index (κ2) is 8.06. The van der Waals surface area contributed by atoms with Crippen molar-refractivity contribution in [2.24, 2.45) is 5.92 Å².